The van der Waals surface area contributed by atoms with Crippen LogP contribution in [-0.4, -0.2) is 27.0 Å². The van der Waals surface area contributed by atoms with Gasteiger partial charge in [0.25, 0.3) is 5.69 Å². The number of carbonyl (C=O) groups is 1. The first kappa shape index (κ1) is 21.3. The Balaban J connectivity index is 1.38. The summed E-state index contributed by atoms with van der Waals surface area (Å²) >= 11 is 12.0. The summed E-state index contributed by atoms with van der Waals surface area (Å²) in [5.74, 6) is 0.436. The Morgan fingerprint density at radius 1 is 1.12 bits per heavy atom. The maximum absolute atomic E-state index is 12.2. The molecule has 0 fully saturated rings. The van der Waals surface area contributed by atoms with Gasteiger partial charge < -0.3 is 9.72 Å². The molecule has 2 N–H and O–H groups in total. The maximum atomic E-state index is 12.2. The van der Waals surface area contributed by atoms with E-state index in [2.05, 4.69) is 20.5 Å². The number of rotatable bonds is 6. The second kappa shape index (κ2) is 9.04. The molecule has 1 heterocycles. The summed E-state index contributed by atoms with van der Waals surface area (Å²) < 4.78 is 5.71. The van der Waals surface area contributed by atoms with E-state index in [9.17, 15) is 14.9 Å². The summed E-state index contributed by atoms with van der Waals surface area (Å²) in [5.41, 5.74) is 3.77. The van der Waals surface area contributed by atoms with Gasteiger partial charge in [0.15, 0.2) is 5.82 Å². The molecule has 0 unspecified atom stereocenters. The maximum Gasteiger partial charge on any atom is 0.307 e. The number of nitro groups is 1. The fourth-order valence-electron chi connectivity index (χ4n) is 2.74. The molecular weight excluding hydrogens is 457 g/mol. The first-order valence-corrected chi connectivity index (χ1v) is 9.85. The predicted octanol–water partition coefficient (Wildman–Crippen LogP) is 5.33. The lowest BCUT2D eigenvalue weighted by Crippen LogP contribution is -2.19. The van der Waals surface area contributed by atoms with Crippen molar-refractivity contribution in [2.45, 2.75) is 0 Å². The third kappa shape index (κ3) is 4.85. The summed E-state index contributed by atoms with van der Waals surface area (Å²) in [5, 5.41) is 15.7. The number of carbonyl (C=O) groups excluding carboxylic acids is 1. The van der Waals surface area contributed by atoms with Crippen molar-refractivity contribution in [3.05, 3.63) is 92.2 Å². The predicted molar refractivity (Wildman–Crippen MR) is 121 cm³/mol. The molecule has 0 saturated heterocycles. The number of nitro benzene ring substituents is 1. The van der Waals surface area contributed by atoms with E-state index >= 15 is 0 Å². The van der Waals surface area contributed by atoms with Crippen LogP contribution >= 0.6 is 23.2 Å². The number of hydrazone groups is 1. The lowest BCUT2D eigenvalue weighted by Gasteiger charge is -2.07. The van der Waals surface area contributed by atoms with Crippen molar-refractivity contribution in [3.63, 3.8) is 0 Å². The number of nitrogens with zero attached hydrogens (tertiary/aromatic N) is 3. The topological polar surface area (TPSA) is 123 Å². The van der Waals surface area contributed by atoms with Gasteiger partial charge in [0.05, 0.1) is 27.2 Å². The van der Waals surface area contributed by atoms with Crippen molar-refractivity contribution in [1.29, 1.82) is 0 Å². The SMILES string of the molecule is O=C(N/N=C/c1ccc(Oc2ccc(Cl)cc2Cl)cc1)c1nc2ccc([N+](=O)[O-])cc2[nH]1. The van der Waals surface area contributed by atoms with Crippen LogP contribution in [0.1, 0.15) is 16.2 Å². The van der Waals surface area contributed by atoms with Crippen LogP contribution in [0.2, 0.25) is 10.0 Å². The van der Waals surface area contributed by atoms with Gasteiger partial charge in [0.1, 0.15) is 11.5 Å². The summed E-state index contributed by atoms with van der Waals surface area (Å²) in [6.07, 6.45) is 1.45. The number of non-ortho nitro benzene ring substituents is 1. The van der Waals surface area contributed by atoms with Crippen LogP contribution in [-0.2, 0) is 0 Å². The molecule has 9 nitrogen and oxygen atoms in total. The quantitative estimate of drug-likeness (QED) is 0.224. The van der Waals surface area contributed by atoms with E-state index in [0.717, 1.165) is 0 Å². The number of halogens is 2. The Morgan fingerprint density at radius 2 is 1.91 bits per heavy atom. The summed E-state index contributed by atoms with van der Waals surface area (Å²) in [6, 6.07) is 16.0. The van der Waals surface area contributed by atoms with E-state index in [1.54, 1.807) is 42.5 Å². The highest BCUT2D eigenvalue weighted by atomic mass is 35.5. The average molecular weight is 470 g/mol. The van der Waals surface area contributed by atoms with Gasteiger partial charge >= 0.3 is 5.91 Å². The van der Waals surface area contributed by atoms with Crippen molar-refractivity contribution in [2.75, 3.05) is 0 Å². The minimum absolute atomic E-state index is 0.0127. The van der Waals surface area contributed by atoms with Crippen LogP contribution in [0.25, 0.3) is 11.0 Å². The van der Waals surface area contributed by atoms with Crippen molar-refractivity contribution in [2.24, 2.45) is 5.10 Å². The minimum atomic E-state index is -0.586. The van der Waals surface area contributed by atoms with Crippen LogP contribution in [0.4, 0.5) is 5.69 Å². The number of aromatic amines is 1. The molecule has 4 rings (SSSR count). The van der Waals surface area contributed by atoms with Gasteiger partial charge in [-0.1, -0.05) is 23.2 Å². The average Bonchev–Trinajstić information content (AvgIpc) is 3.20. The molecule has 0 atom stereocenters. The van der Waals surface area contributed by atoms with Crippen molar-refractivity contribution >= 4 is 52.0 Å². The molecule has 0 radical (unpaired) electrons. The molecule has 0 aliphatic carbocycles. The summed E-state index contributed by atoms with van der Waals surface area (Å²) in [6.45, 7) is 0. The fourth-order valence-corrected chi connectivity index (χ4v) is 3.19. The van der Waals surface area contributed by atoms with E-state index in [1.807, 2.05) is 0 Å². The number of hydrogen-bond acceptors (Lipinski definition) is 6. The van der Waals surface area contributed by atoms with E-state index in [-0.39, 0.29) is 11.5 Å². The van der Waals surface area contributed by atoms with Gasteiger partial charge in [-0.15, -0.1) is 0 Å². The summed E-state index contributed by atoms with van der Waals surface area (Å²) in [4.78, 5) is 29.4. The highest BCUT2D eigenvalue weighted by Gasteiger charge is 2.13. The van der Waals surface area contributed by atoms with Crippen LogP contribution in [0, 0.1) is 10.1 Å². The zero-order valence-corrected chi connectivity index (χ0v) is 17.6. The van der Waals surface area contributed by atoms with Crippen LogP contribution < -0.4 is 10.2 Å². The Kier molecular flexibility index (Phi) is 6.02. The van der Waals surface area contributed by atoms with E-state index in [1.165, 1.54) is 24.4 Å². The first-order chi connectivity index (χ1) is 15.4. The number of H-pyrrole nitrogens is 1. The van der Waals surface area contributed by atoms with Gasteiger partial charge in [0.2, 0.25) is 0 Å². The third-order valence-electron chi connectivity index (χ3n) is 4.27. The van der Waals surface area contributed by atoms with Gasteiger partial charge in [-0.2, -0.15) is 5.10 Å². The van der Waals surface area contributed by atoms with Crippen molar-refractivity contribution in [3.8, 4) is 11.5 Å². The second-order valence-corrected chi connectivity index (χ2v) is 7.33. The molecule has 0 aliphatic rings. The van der Waals surface area contributed by atoms with Gasteiger partial charge in [-0.25, -0.2) is 10.4 Å². The zero-order valence-electron chi connectivity index (χ0n) is 16.1. The van der Waals surface area contributed by atoms with E-state index < -0.39 is 10.8 Å². The molecular formula is C21H13Cl2N5O4. The minimum Gasteiger partial charge on any atom is -0.456 e. The Labute approximate surface area is 190 Å². The molecule has 0 aliphatic heterocycles. The van der Waals surface area contributed by atoms with E-state index in [4.69, 9.17) is 27.9 Å². The zero-order chi connectivity index (χ0) is 22.7. The lowest BCUT2D eigenvalue weighted by molar-refractivity contribution is -0.384. The van der Waals surface area contributed by atoms with Crippen LogP contribution in [0.15, 0.2) is 65.8 Å². The number of benzene rings is 3. The number of fused-ring (bicyclic) bond motifs is 1. The monoisotopic (exact) mass is 469 g/mol. The molecule has 0 spiro atoms. The number of aromatic nitrogens is 2. The lowest BCUT2D eigenvalue weighted by atomic mass is 10.2. The van der Waals surface area contributed by atoms with Crippen LogP contribution in [0.3, 0.4) is 0 Å². The molecule has 0 saturated carbocycles. The van der Waals surface area contributed by atoms with Gasteiger partial charge in [0, 0.05) is 17.2 Å². The Bertz CT molecular complexity index is 1350. The first-order valence-electron chi connectivity index (χ1n) is 9.09. The molecule has 3 aromatic carbocycles. The molecule has 4 aromatic rings. The molecule has 1 amide bonds. The highest BCUT2D eigenvalue weighted by Crippen LogP contribution is 2.31. The van der Waals surface area contributed by atoms with Crippen LogP contribution in [0.5, 0.6) is 11.5 Å². The number of hydrogen-bond donors (Lipinski definition) is 2. The standard InChI is InChI=1S/C21H13Cl2N5O4/c22-13-3-8-19(16(23)9-13)32-15-5-1-12(2-6-15)11-24-27-21(29)20-25-17-7-4-14(28(30)31)10-18(17)26-20/h1-11H,(H,25,26)(H,27,29)/b24-11+. The molecule has 0 bridgehead atoms. The fraction of sp³-hybridized carbons (Fsp3) is 0. The van der Waals surface area contributed by atoms with Crippen molar-refractivity contribution < 1.29 is 14.5 Å². The number of amides is 1. The number of ether oxygens (including phenoxy) is 1. The number of nitrogens with one attached hydrogen (secondary N) is 2. The van der Waals surface area contributed by atoms with Gasteiger partial charge in [-0.3, -0.25) is 14.9 Å². The van der Waals surface area contributed by atoms with Crippen molar-refractivity contribution in [1.82, 2.24) is 15.4 Å². The Morgan fingerprint density at radius 3 is 2.62 bits per heavy atom. The number of imidazole rings is 1. The second-order valence-electron chi connectivity index (χ2n) is 6.49. The largest absolute Gasteiger partial charge is 0.456 e. The molecule has 160 valence electrons. The molecule has 1 aromatic heterocycles. The summed E-state index contributed by atoms with van der Waals surface area (Å²) in [7, 11) is 0. The Hall–Kier alpha value is -3.95. The normalized spacial score (nSPS) is 11.1. The smallest absolute Gasteiger partial charge is 0.307 e. The highest BCUT2D eigenvalue weighted by molar-refractivity contribution is 6.35. The molecule has 32 heavy (non-hydrogen) atoms. The van der Waals surface area contributed by atoms with E-state index in [0.29, 0.717) is 38.1 Å². The van der Waals surface area contributed by atoms with Gasteiger partial charge in [-0.05, 0) is 54.1 Å². The molecule has 11 heteroatoms. The third-order valence-corrected chi connectivity index (χ3v) is 4.80.